The molecule has 0 spiro atoms. The Morgan fingerprint density at radius 1 is 1.16 bits per heavy atom. The van der Waals surface area contributed by atoms with E-state index in [2.05, 4.69) is 0 Å². The lowest BCUT2D eigenvalue weighted by atomic mass is 10.2. The summed E-state index contributed by atoms with van der Waals surface area (Å²) < 4.78 is 33.7. The fourth-order valence-corrected chi connectivity index (χ4v) is 3.54. The molecule has 25 heavy (non-hydrogen) atoms. The van der Waals surface area contributed by atoms with Crippen LogP contribution in [-0.4, -0.2) is 42.1 Å². The lowest BCUT2D eigenvalue weighted by Crippen LogP contribution is -2.42. The lowest BCUT2D eigenvalue weighted by Gasteiger charge is -2.18. The maximum absolute atomic E-state index is 12.6. The molecule has 0 aliphatic rings. The van der Waals surface area contributed by atoms with Crippen LogP contribution in [0.15, 0.2) is 44.9 Å². The van der Waals surface area contributed by atoms with E-state index in [1.807, 2.05) is 25.1 Å². The van der Waals surface area contributed by atoms with E-state index in [9.17, 15) is 18.0 Å². The Labute approximate surface area is 145 Å². The lowest BCUT2D eigenvalue weighted by molar-refractivity contribution is 0.285. The van der Waals surface area contributed by atoms with Crippen molar-refractivity contribution in [2.24, 2.45) is 14.1 Å². The maximum atomic E-state index is 12.6. The first-order chi connectivity index (χ1) is 11.7. The largest absolute Gasteiger partial charge is 0.492 e. The summed E-state index contributed by atoms with van der Waals surface area (Å²) in [5.74, 6) is 0.673. The van der Waals surface area contributed by atoms with Gasteiger partial charge in [0, 0.05) is 33.9 Å². The molecule has 0 amide bonds. The van der Waals surface area contributed by atoms with E-state index >= 15 is 0 Å². The summed E-state index contributed by atoms with van der Waals surface area (Å²) in [6.45, 7) is 2.08. The van der Waals surface area contributed by atoms with Gasteiger partial charge in [0.05, 0.1) is 0 Å². The molecule has 0 N–H and O–H groups in total. The van der Waals surface area contributed by atoms with Gasteiger partial charge in [-0.2, -0.15) is 4.31 Å². The van der Waals surface area contributed by atoms with Crippen molar-refractivity contribution in [3.8, 4) is 5.75 Å². The molecule has 0 aliphatic heterocycles. The summed E-state index contributed by atoms with van der Waals surface area (Å²) in [5, 5.41) is 0. The Balaban J connectivity index is 2.19. The van der Waals surface area contributed by atoms with Crippen molar-refractivity contribution in [2.75, 3.05) is 20.2 Å². The second-order valence-corrected chi connectivity index (χ2v) is 7.70. The zero-order valence-corrected chi connectivity index (χ0v) is 15.4. The molecule has 1 aromatic heterocycles. The highest BCUT2D eigenvalue weighted by atomic mass is 32.2. The van der Waals surface area contributed by atoms with Gasteiger partial charge in [-0.3, -0.25) is 9.36 Å². The van der Waals surface area contributed by atoms with E-state index in [0.717, 1.165) is 25.2 Å². The van der Waals surface area contributed by atoms with E-state index in [4.69, 9.17) is 4.74 Å². The van der Waals surface area contributed by atoms with Crippen molar-refractivity contribution in [1.82, 2.24) is 13.4 Å². The third-order valence-corrected chi connectivity index (χ3v) is 5.70. The molecule has 0 saturated carbocycles. The van der Waals surface area contributed by atoms with Crippen LogP contribution in [0.4, 0.5) is 0 Å². The Kier molecular flexibility index (Phi) is 5.48. The summed E-state index contributed by atoms with van der Waals surface area (Å²) in [6, 6.07) is 7.40. The Morgan fingerprint density at radius 2 is 1.80 bits per heavy atom. The van der Waals surface area contributed by atoms with Crippen molar-refractivity contribution < 1.29 is 13.2 Å². The molecule has 1 aromatic carbocycles. The molecule has 0 fully saturated rings. The maximum Gasteiger partial charge on any atom is 0.330 e. The molecule has 0 aliphatic carbocycles. The predicted molar refractivity (Wildman–Crippen MR) is 93.4 cm³/mol. The predicted octanol–water partition coefficient (Wildman–Crippen LogP) is 0.0919. The summed E-state index contributed by atoms with van der Waals surface area (Å²) in [7, 11) is -0.0415. The van der Waals surface area contributed by atoms with Gasteiger partial charge in [0.15, 0.2) is 4.90 Å². The highest BCUT2D eigenvalue weighted by Crippen LogP contribution is 2.16. The molecule has 2 rings (SSSR count). The average Bonchev–Trinajstić information content (AvgIpc) is 2.57. The van der Waals surface area contributed by atoms with Gasteiger partial charge in [-0.25, -0.2) is 13.2 Å². The fraction of sp³-hybridized carbons (Fsp3) is 0.375. The SMILES string of the molecule is Cc1ccccc1OCCN(C)S(=O)(=O)c1cn(C)c(=O)n(C)c1=O. The number of sulfonamides is 1. The van der Waals surface area contributed by atoms with Crippen LogP contribution < -0.4 is 16.0 Å². The number of ether oxygens (including phenoxy) is 1. The van der Waals surface area contributed by atoms with Crippen LogP contribution in [0, 0.1) is 6.92 Å². The highest BCUT2D eigenvalue weighted by molar-refractivity contribution is 7.89. The number of benzene rings is 1. The van der Waals surface area contributed by atoms with E-state index in [-0.39, 0.29) is 13.2 Å². The van der Waals surface area contributed by atoms with Crippen LogP contribution in [0.25, 0.3) is 0 Å². The molecular formula is C16H21N3O5S. The van der Waals surface area contributed by atoms with E-state index in [1.54, 1.807) is 6.07 Å². The van der Waals surface area contributed by atoms with Gasteiger partial charge >= 0.3 is 5.69 Å². The van der Waals surface area contributed by atoms with Gasteiger partial charge in [-0.05, 0) is 18.6 Å². The molecule has 0 radical (unpaired) electrons. The minimum Gasteiger partial charge on any atom is -0.492 e. The van der Waals surface area contributed by atoms with Crippen LogP contribution in [0.2, 0.25) is 0 Å². The topological polar surface area (TPSA) is 90.6 Å². The van der Waals surface area contributed by atoms with Crippen LogP contribution >= 0.6 is 0 Å². The molecule has 136 valence electrons. The molecule has 8 nitrogen and oxygen atoms in total. The van der Waals surface area contributed by atoms with Gasteiger partial charge in [0.1, 0.15) is 12.4 Å². The van der Waals surface area contributed by atoms with Crippen LogP contribution in [-0.2, 0) is 24.1 Å². The zero-order chi connectivity index (χ0) is 18.8. The van der Waals surface area contributed by atoms with Crippen molar-refractivity contribution in [2.45, 2.75) is 11.8 Å². The number of hydrogen-bond acceptors (Lipinski definition) is 5. The smallest absolute Gasteiger partial charge is 0.330 e. The summed E-state index contributed by atoms with van der Waals surface area (Å²) >= 11 is 0. The average molecular weight is 367 g/mol. The molecule has 0 saturated heterocycles. The number of likely N-dealkylation sites (N-methyl/N-ethyl adjacent to an activating group) is 1. The number of aromatic nitrogens is 2. The summed E-state index contributed by atoms with van der Waals surface area (Å²) in [5.41, 5.74) is -0.496. The van der Waals surface area contributed by atoms with Crippen LogP contribution in [0.5, 0.6) is 5.75 Å². The van der Waals surface area contributed by atoms with E-state index in [1.165, 1.54) is 21.1 Å². The number of aryl methyl sites for hydroxylation is 2. The van der Waals surface area contributed by atoms with Crippen molar-refractivity contribution in [3.05, 3.63) is 56.9 Å². The van der Waals surface area contributed by atoms with Gasteiger partial charge in [0.25, 0.3) is 5.56 Å². The Morgan fingerprint density at radius 3 is 2.44 bits per heavy atom. The van der Waals surface area contributed by atoms with Gasteiger partial charge in [-0.15, -0.1) is 0 Å². The number of hydrogen-bond donors (Lipinski definition) is 0. The molecule has 9 heteroatoms. The fourth-order valence-electron chi connectivity index (χ4n) is 2.24. The molecule has 0 bridgehead atoms. The van der Waals surface area contributed by atoms with Gasteiger partial charge < -0.3 is 9.30 Å². The van der Waals surface area contributed by atoms with Crippen molar-refractivity contribution in [3.63, 3.8) is 0 Å². The standard InChI is InChI=1S/C16H21N3O5S/c1-12-7-5-6-8-13(12)24-10-9-18(3)25(22,23)14-11-17(2)16(21)19(4)15(14)20/h5-8,11H,9-10H2,1-4H3. The Bertz CT molecular complexity index is 992. The van der Waals surface area contributed by atoms with Gasteiger partial charge in [0.2, 0.25) is 10.0 Å². The van der Waals surface area contributed by atoms with E-state index in [0.29, 0.717) is 5.75 Å². The van der Waals surface area contributed by atoms with Crippen molar-refractivity contribution >= 4 is 10.0 Å². The second-order valence-electron chi connectivity index (χ2n) is 5.69. The molecular weight excluding hydrogens is 346 g/mol. The minimum atomic E-state index is -4.04. The molecule has 0 atom stereocenters. The third kappa shape index (κ3) is 3.83. The molecule has 0 unspecified atom stereocenters. The van der Waals surface area contributed by atoms with Gasteiger partial charge in [-0.1, -0.05) is 18.2 Å². The minimum absolute atomic E-state index is 0.0582. The number of rotatable bonds is 6. The first kappa shape index (κ1) is 18.9. The third-order valence-electron chi connectivity index (χ3n) is 3.86. The normalized spacial score (nSPS) is 11.7. The molecule has 2 aromatic rings. The number of nitrogens with zero attached hydrogens (tertiary/aromatic N) is 3. The summed E-state index contributed by atoms with van der Waals surface area (Å²) in [4.78, 5) is 23.4. The van der Waals surface area contributed by atoms with Crippen molar-refractivity contribution in [1.29, 1.82) is 0 Å². The highest BCUT2D eigenvalue weighted by Gasteiger charge is 2.26. The Hall–Kier alpha value is -2.39. The first-order valence-corrected chi connectivity index (χ1v) is 9.01. The van der Waals surface area contributed by atoms with Crippen LogP contribution in [0.1, 0.15) is 5.56 Å². The first-order valence-electron chi connectivity index (χ1n) is 7.57. The molecule has 1 heterocycles. The number of para-hydroxylation sites is 1. The second kappa shape index (κ2) is 7.24. The summed E-state index contributed by atoms with van der Waals surface area (Å²) in [6.07, 6.45) is 1.04. The quantitative estimate of drug-likeness (QED) is 0.722. The van der Waals surface area contributed by atoms with E-state index < -0.39 is 26.2 Å². The van der Waals surface area contributed by atoms with Crippen LogP contribution in [0.3, 0.4) is 0 Å². The monoisotopic (exact) mass is 367 g/mol. The zero-order valence-electron chi connectivity index (χ0n) is 14.6.